The molecule has 0 spiro atoms. The minimum Gasteiger partial charge on any atom is -0.489 e. The highest BCUT2D eigenvalue weighted by Gasteiger charge is 2.23. The molecule has 2 aliphatic rings. The van der Waals surface area contributed by atoms with E-state index in [0.717, 1.165) is 63.4 Å². The maximum absolute atomic E-state index is 13.2. The lowest BCUT2D eigenvalue weighted by molar-refractivity contribution is -0.122. The van der Waals surface area contributed by atoms with Gasteiger partial charge in [-0.15, -0.1) is 0 Å². The van der Waals surface area contributed by atoms with Gasteiger partial charge in [-0.25, -0.2) is 4.98 Å². The fraction of sp³-hybridized carbons (Fsp3) is 0.455. The van der Waals surface area contributed by atoms with Crippen LogP contribution in [0.2, 0.25) is 0 Å². The summed E-state index contributed by atoms with van der Waals surface area (Å²) in [6, 6.07) is 20.1. The summed E-state index contributed by atoms with van der Waals surface area (Å²) in [5.41, 5.74) is 3.28. The molecule has 5 rings (SSSR count). The topological polar surface area (TPSA) is 76.2 Å². The van der Waals surface area contributed by atoms with Crippen LogP contribution in [0.1, 0.15) is 43.4 Å². The number of rotatable bonds is 6. The van der Waals surface area contributed by atoms with E-state index >= 15 is 0 Å². The highest BCUT2D eigenvalue weighted by Crippen LogP contribution is 2.34. The van der Waals surface area contributed by atoms with Crippen molar-refractivity contribution in [1.29, 1.82) is 0 Å². The number of fused-ring (bicyclic) bond motifs is 2. The van der Waals surface area contributed by atoms with Crippen molar-refractivity contribution < 1.29 is 19.0 Å². The third kappa shape index (κ3) is 8.76. The average Bonchev–Trinajstić information content (AvgIpc) is 2.98. The Morgan fingerprint density at radius 2 is 1.76 bits per heavy atom. The Hall–Kier alpha value is -3.46. The molecule has 41 heavy (non-hydrogen) atoms. The molecule has 1 fully saturated rings. The molecule has 3 aromatic rings. The molecular formula is C33H42N4O4. The molecule has 0 atom stereocenters. The van der Waals surface area contributed by atoms with Crippen LogP contribution in [0.4, 0.5) is 0 Å². The highest BCUT2D eigenvalue weighted by molar-refractivity contribution is 5.78. The molecular weight excluding hydrogens is 516 g/mol. The van der Waals surface area contributed by atoms with Crippen LogP contribution in [0, 0.1) is 5.41 Å². The van der Waals surface area contributed by atoms with Crippen molar-refractivity contribution in [3.05, 3.63) is 83.6 Å². The van der Waals surface area contributed by atoms with Crippen LogP contribution in [0.5, 0.6) is 17.4 Å². The molecule has 1 aromatic heterocycles. The molecule has 1 amide bonds. The van der Waals surface area contributed by atoms with Crippen LogP contribution in [-0.2, 0) is 29.2 Å². The van der Waals surface area contributed by atoms with Gasteiger partial charge in [-0.05, 0) is 54.1 Å². The predicted octanol–water partition coefficient (Wildman–Crippen LogP) is 5.02. The fourth-order valence-corrected chi connectivity index (χ4v) is 5.29. The van der Waals surface area contributed by atoms with Gasteiger partial charge in [0.15, 0.2) is 11.5 Å². The van der Waals surface area contributed by atoms with Crippen molar-refractivity contribution in [3.63, 3.8) is 0 Å². The zero-order valence-corrected chi connectivity index (χ0v) is 24.3. The Balaban J connectivity index is 1.25. The summed E-state index contributed by atoms with van der Waals surface area (Å²) >= 11 is 0. The lowest BCUT2D eigenvalue weighted by Crippen LogP contribution is -2.37. The van der Waals surface area contributed by atoms with Gasteiger partial charge in [0.05, 0.1) is 26.4 Å². The standard InChI is InChI=1S/C33H42N4O4/c1-33(2)13-7-15-37(23-28-10-6-14-34-32(28)41-30-12-4-3-11-29(30)40-25-33)24-31(38)35-21-26-8-5-9-27(20-26)22-36-16-18-39-19-17-36/h3-6,8-12,14,20H,7,13,15-19,21-25H2,1-2H3,(H,35,38). The van der Waals surface area contributed by atoms with E-state index in [-0.39, 0.29) is 11.3 Å². The molecule has 2 aliphatic heterocycles. The zero-order valence-electron chi connectivity index (χ0n) is 24.3. The SMILES string of the molecule is CC1(C)CCCN(CC(=O)NCc2cccc(CN3CCOCC3)c2)Cc2cccnc2Oc2ccccc2OC1. The first kappa shape index (κ1) is 29.0. The number of ether oxygens (including phenoxy) is 3. The quantitative estimate of drug-likeness (QED) is 0.455. The summed E-state index contributed by atoms with van der Waals surface area (Å²) in [5, 5.41) is 3.15. The summed E-state index contributed by atoms with van der Waals surface area (Å²) in [5.74, 6) is 1.89. The number of benzene rings is 2. The van der Waals surface area contributed by atoms with E-state index in [1.807, 2.05) is 36.4 Å². The van der Waals surface area contributed by atoms with Crippen molar-refractivity contribution in [3.8, 4) is 17.4 Å². The van der Waals surface area contributed by atoms with Crippen LogP contribution >= 0.6 is 0 Å². The van der Waals surface area contributed by atoms with Gasteiger partial charge >= 0.3 is 0 Å². The molecule has 0 radical (unpaired) electrons. The first-order valence-corrected chi connectivity index (χ1v) is 14.6. The van der Waals surface area contributed by atoms with Crippen molar-refractivity contribution in [2.45, 2.75) is 46.3 Å². The molecule has 3 heterocycles. The second-order valence-corrected chi connectivity index (χ2v) is 11.8. The number of aromatic nitrogens is 1. The van der Waals surface area contributed by atoms with Crippen molar-refractivity contribution in [2.75, 3.05) is 46.0 Å². The average molecular weight is 559 g/mol. The Labute approximate surface area is 243 Å². The van der Waals surface area contributed by atoms with Gasteiger partial charge < -0.3 is 19.5 Å². The maximum atomic E-state index is 13.2. The molecule has 0 saturated carbocycles. The highest BCUT2D eigenvalue weighted by atomic mass is 16.5. The van der Waals surface area contributed by atoms with E-state index in [9.17, 15) is 4.79 Å². The van der Waals surface area contributed by atoms with Crippen molar-refractivity contribution in [2.24, 2.45) is 5.41 Å². The molecule has 2 aromatic carbocycles. The number of hydrogen-bond donors (Lipinski definition) is 1. The molecule has 1 saturated heterocycles. The van der Waals surface area contributed by atoms with Crippen LogP contribution in [0.25, 0.3) is 0 Å². The number of amides is 1. The smallest absolute Gasteiger partial charge is 0.234 e. The molecule has 218 valence electrons. The van der Waals surface area contributed by atoms with Crippen molar-refractivity contribution >= 4 is 5.91 Å². The van der Waals surface area contributed by atoms with Crippen LogP contribution in [0.3, 0.4) is 0 Å². The number of hydrogen-bond acceptors (Lipinski definition) is 7. The van der Waals surface area contributed by atoms with Crippen LogP contribution < -0.4 is 14.8 Å². The number of nitrogens with one attached hydrogen (secondary N) is 1. The molecule has 0 unspecified atom stereocenters. The largest absolute Gasteiger partial charge is 0.489 e. The van der Waals surface area contributed by atoms with E-state index in [1.165, 1.54) is 5.56 Å². The lowest BCUT2D eigenvalue weighted by Gasteiger charge is -2.27. The van der Waals surface area contributed by atoms with Gasteiger partial charge in [0.1, 0.15) is 0 Å². The first-order chi connectivity index (χ1) is 19.9. The van der Waals surface area contributed by atoms with E-state index in [1.54, 1.807) is 6.20 Å². The predicted molar refractivity (Wildman–Crippen MR) is 159 cm³/mol. The third-order valence-corrected chi connectivity index (χ3v) is 7.60. The zero-order chi connectivity index (χ0) is 28.5. The van der Waals surface area contributed by atoms with Crippen LogP contribution in [-0.4, -0.2) is 66.7 Å². The van der Waals surface area contributed by atoms with E-state index in [2.05, 4.69) is 58.2 Å². The number of carbonyl (C=O) groups excluding carboxylic acids is 1. The summed E-state index contributed by atoms with van der Waals surface area (Å²) < 4.78 is 18.0. The maximum Gasteiger partial charge on any atom is 0.234 e. The van der Waals surface area contributed by atoms with Gasteiger partial charge in [0, 0.05) is 44.5 Å². The molecule has 0 aliphatic carbocycles. The minimum absolute atomic E-state index is 0.00666. The minimum atomic E-state index is -0.0214. The Morgan fingerprint density at radius 1 is 0.951 bits per heavy atom. The molecule has 1 N–H and O–H groups in total. The normalized spacial score (nSPS) is 18.3. The van der Waals surface area contributed by atoms with E-state index in [4.69, 9.17) is 14.2 Å². The number of nitrogens with zero attached hydrogens (tertiary/aromatic N) is 3. The van der Waals surface area contributed by atoms with Gasteiger partial charge in [-0.3, -0.25) is 14.6 Å². The monoisotopic (exact) mass is 558 g/mol. The Kier molecular flexibility index (Phi) is 9.88. The summed E-state index contributed by atoms with van der Waals surface area (Å²) in [7, 11) is 0. The number of para-hydroxylation sites is 2. The summed E-state index contributed by atoms with van der Waals surface area (Å²) in [6.45, 7) is 11.6. The first-order valence-electron chi connectivity index (χ1n) is 14.6. The third-order valence-electron chi connectivity index (χ3n) is 7.60. The fourth-order valence-electron chi connectivity index (χ4n) is 5.29. The van der Waals surface area contributed by atoms with Crippen LogP contribution in [0.15, 0.2) is 66.9 Å². The number of carbonyl (C=O) groups is 1. The van der Waals surface area contributed by atoms with E-state index < -0.39 is 0 Å². The van der Waals surface area contributed by atoms with Gasteiger partial charge in [0.25, 0.3) is 0 Å². The Bertz CT molecular complexity index is 1290. The van der Waals surface area contributed by atoms with Gasteiger partial charge in [-0.2, -0.15) is 0 Å². The lowest BCUT2D eigenvalue weighted by atomic mass is 9.88. The van der Waals surface area contributed by atoms with E-state index in [0.29, 0.717) is 43.6 Å². The molecule has 0 bridgehead atoms. The molecule has 8 heteroatoms. The Morgan fingerprint density at radius 3 is 2.61 bits per heavy atom. The number of pyridine rings is 1. The van der Waals surface area contributed by atoms with Gasteiger partial charge in [-0.1, -0.05) is 56.3 Å². The second-order valence-electron chi connectivity index (χ2n) is 11.8. The van der Waals surface area contributed by atoms with Gasteiger partial charge in [0.2, 0.25) is 11.8 Å². The molecule has 8 nitrogen and oxygen atoms in total. The summed E-state index contributed by atoms with van der Waals surface area (Å²) in [4.78, 5) is 22.3. The second kappa shape index (κ2) is 13.9. The summed E-state index contributed by atoms with van der Waals surface area (Å²) in [6.07, 6.45) is 3.66. The number of morpholine rings is 1. The van der Waals surface area contributed by atoms with Crippen molar-refractivity contribution in [1.82, 2.24) is 20.1 Å².